The zero-order valence-electron chi connectivity index (χ0n) is 8.99. The van der Waals surface area contributed by atoms with Crippen molar-refractivity contribution in [2.24, 2.45) is 11.8 Å². The summed E-state index contributed by atoms with van der Waals surface area (Å²) in [6.07, 6.45) is 4.31. The molecule has 1 aliphatic rings. The number of carboxylic acids is 1. The van der Waals surface area contributed by atoms with Crippen molar-refractivity contribution in [3.8, 4) is 0 Å². The minimum atomic E-state index is -1.02. The summed E-state index contributed by atoms with van der Waals surface area (Å²) in [5.41, 5.74) is -1.02. The zero-order chi connectivity index (χ0) is 10.8. The van der Waals surface area contributed by atoms with Crippen molar-refractivity contribution in [3.63, 3.8) is 0 Å². The van der Waals surface area contributed by atoms with E-state index in [1.54, 1.807) is 6.92 Å². The molecule has 0 radical (unpaired) electrons. The standard InChI is InChI=1S/C11H20O3/c1-3-4-9(10(12)13)11(2,14)7-8-5-6-8/h8-9,14H,3-7H2,1-2H3,(H,12,13). The maximum Gasteiger partial charge on any atom is 0.309 e. The predicted octanol–water partition coefficient (Wildman–Crippen LogP) is 2.04. The third-order valence-electron chi connectivity index (χ3n) is 3.03. The Hall–Kier alpha value is -0.570. The van der Waals surface area contributed by atoms with Gasteiger partial charge in [-0.3, -0.25) is 4.79 Å². The van der Waals surface area contributed by atoms with Crippen molar-refractivity contribution in [1.29, 1.82) is 0 Å². The van der Waals surface area contributed by atoms with Crippen LogP contribution in [0.5, 0.6) is 0 Å². The Morgan fingerprint density at radius 2 is 2.14 bits per heavy atom. The largest absolute Gasteiger partial charge is 0.481 e. The first kappa shape index (κ1) is 11.5. The van der Waals surface area contributed by atoms with Crippen molar-refractivity contribution in [1.82, 2.24) is 0 Å². The van der Waals surface area contributed by atoms with Crippen LogP contribution in [0, 0.1) is 11.8 Å². The average molecular weight is 200 g/mol. The number of hydrogen-bond acceptors (Lipinski definition) is 2. The quantitative estimate of drug-likeness (QED) is 0.689. The summed E-state index contributed by atoms with van der Waals surface area (Å²) in [5, 5.41) is 19.1. The first-order valence-electron chi connectivity index (χ1n) is 5.42. The fourth-order valence-electron chi connectivity index (χ4n) is 2.04. The molecule has 0 spiro atoms. The minimum absolute atomic E-state index is 0.559. The smallest absolute Gasteiger partial charge is 0.309 e. The molecule has 0 aliphatic heterocycles. The summed E-state index contributed by atoms with van der Waals surface area (Å²) in [6, 6.07) is 0. The highest BCUT2D eigenvalue weighted by Crippen LogP contribution is 2.40. The first-order chi connectivity index (χ1) is 6.47. The van der Waals surface area contributed by atoms with Gasteiger partial charge in [-0.25, -0.2) is 0 Å². The lowest BCUT2D eigenvalue weighted by molar-refractivity contribution is -0.152. The van der Waals surface area contributed by atoms with Crippen molar-refractivity contribution in [3.05, 3.63) is 0 Å². The summed E-state index contributed by atoms with van der Waals surface area (Å²) in [7, 11) is 0. The maximum atomic E-state index is 11.0. The molecule has 3 nitrogen and oxygen atoms in total. The van der Waals surface area contributed by atoms with Crippen LogP contribution in [0.25, 0.3) is 0 Å². The van der Waals surface area contributed by atoms with Gasteiger partial charge in [0.15, 0.2) is 0 Å². The van der Waals surface area contributed by atoms with E-state index in [1.165, 1.54) is 0 Å². The molecule has 2 unspecified atom stereocenters. The molecule has 1 aliphatic carbocycles. The Balaban J connectivity index is 2.57. The number of carboxylic acid groups (broad SMARTS) is 1. The van der Waals surface area contributed by atoms with E-state index in [1.807, 2.05) is 6.92 Å². The average Bonchev–Trinajstić information content (AvgIpc) is 2.82. The highest BCUT2D eigenvalue weighted by atomic mass is 16.4. The molecule has 0 saturated heterocycles. The van der Waals surface area contributed by atoms with E-state index in [4.69, 9.17) is 5.11 Å². The van der Waals surface area contributed by atoms with Crippen LogP contribution in [-0.4, -0.2) is 21.8 Å². The van der Waals surface area contributed by atoms with Gasteiger partial charge in [0.25, 0.3) is 0 Å². The normalized spacial score (nSPS) is 22.8. The Kier molecular flexibility index (Phi) is 3.53. The van der Waals surface area contributed by atoms with Crippen molar-refractivity contribution < 1.29 is 15.0 Å². The number of hydrogen-bond donors (Lipinski definition) is 2. The topological polar surface area (TPSA) is 57.5 Å². The lowest BCUT2D eigenvalue weighted by Crippen LogP contribution is -2.40. The van der Waals surface area contributed by atoms with Crippen LogP contribution in [0.4, 0.5) is 0 Å². The van der Waals surface area contributed by atoms with E-state index in [2.05, 4.69) is 0 Å². The molecule has 0 aromatic carbocycles. The minimum Gasteiger partial charge on any atom is -0.481 e. The molecule has 1 saturated carbocycles. The van der Waals surface area contributed by atoms with Crippen molar-refractivity contribution in [2.75, 3.05) is 0 Å². The Bertz CT molecular complexity index is 207. The van der Waals surface area contributed by atoms with Gasteiger partial charge in [0.1, 0.15) is 0 Å². The lowest BCUT2D eigenvalue weighted by atomic mass is 9.82. The van der Waals surface area contributed by atoms with Gasteiger partial charge in [-0.15, -0.1) is 0 Å². The number of aliphatic carboxylic acids is 1. The molecule has 82 valence electrons. The Morgan fingerprint density at radius 3 is 2.50 bits per heavy atom. The third-order valence-corrected chi connectivity index (χ3v) is 3.03. The monoisotopic (exact) mass is 200 g/mol. The van der Waals surface area contributed by atoms with Crippen LogP contribution in [0.15, 0.2) is 0 Å². The highest BCUT2D eigenvalue weighted by Gasteiger charge is 2.40. The lowest BCUT2D eigenvalue weighted by Gasteiger charge is -2.29. The first-order valence-corrected chi connectivity index (χ1v) is 5.42. The second-order valence-corrected chi connectivity index (χ2v) is 4.68. The van der Waals surface area contributed by atoms with Crippen molar-refractivity contribution in [2.45, 2.75) is 51.6 Å². The molecular weight excluding hydrogens is 180 g/mol. The molecule has 0 bridgehead atoms. The molecule has 2 N–H and O–H groups in total. The van der Waals surface area contributed by atoms with E-state index < -0.39 is 17.5 Å². The molecule has 1 rings (SSSR count). The van der Waals surface area contributed by atoms with Gasteiger partial charge in [0.2, 0.25) is 0 Å². The summed E-state index contributed by atoms with van der Waals surface area (Å²) in [5.74, 6) is -0.908. The van der Waals surface area contributed by atoms with Crippen LogP contribution in [-0.2, 0) is 4.79 Å². The van der Waals surface area contributed by atoms with Crippen LogP contribution in [0.2, 0.25) is 0 Å². The molecule has 0 amide bonds. The molecule has 3 heteroatoms. The van der Waals surface area contributed by atoms with Gasteiger partial charge in [0.05, 0.1) is 11.5 Å². The molecule has 0 aromatic heterocycles. The van der Waals surface area contributed by atoms with Gasteiger partial charge in [-0.2, -0.15) is 0 Å². The third kappa shape index (κ3) is 2.98. The second kappa shape index (κ2) is 4.30. The summed E-state index contributed by atoms with van der Waals surface area (Å²) >= 11 is 0. The van der Waals surface area contributed by atoms with Crippen LogP contribution in [0.1, 0.15) is 46.0 Å². The molecule has 0 heterocycles. The van der Waals surface area contributed by atoms with E-state index >= 15 is 0 Å². The van der Waals surface area contributed by atoms with Gasteiger partial charge in [0, 0.05) is 0 Å². The highest BCUT2D eigenvalue weighted by molar-refractivity contribution is 5.71. The fourth-order valence-corrected chi connectivity index (χ4v) is 2.04. The van der Waals surface area contributed by atoms with Crippen LogP contribution in [0.3, 0.4) is 0 Å². The molecule has 14 heavy (non-hydrogen) atoms. The number of carbonyl (C=O) groups is 1. The fraction of sp³-hybridized carbons (Fsp3) is 0.909. The zero-order valence-corrected chi connectivity index (χ0v) is 8.99. The van der Waals surface area contributed by atoms with E-state index in [0.717, 1.165) is 19.3 Å². The molecule has 0 aromatic rings. The Labute approximate surface area is 85.1 Å². The van der Waals surface area contributed by atoms with E-state index in [-0.39, 0.29) is 0 Å². The SMILES string of the molecule is CCCC(C(=O)O)C(C)(O)CC1CC1. The molecular formula is C11H20O3. The number of aliphatic hydroxyl groups is 1. The summed E-state index contributed by atoms with van der Waals surface area (Å²) < 4.78 is 0. The van der Waals surface area contributed by atoms with E-state index in [0.29, 0.717) is 18.8 Å². The Morgan fingerprint density at radius 1 is 1.57 bits per heavy atom. The summed E-state index contributed by atoms with van der Waals surface area (Å²) in [6.45, 7) is 3.61. The molecule has 2 atom stereocenters. The second-order valence-electron chi connectivity index (χ2n) is 4.68. The van der Waals surface area contributed by atoms with Gasteiger partial charge in [-0.05, 0) is 25.7 Å². The van der Waals surface area contributed by atoms with Gasteiger partial charge >= 0.3 is 5.97 Å². The summed E-state index contributed by atoms with van der Waals surface area (Å²) in [4.78, 5) is 11.0. The van der Waals surface area contributed by atoms with Gasteiger partial charge in [-0.1, -0.05) is 26.2 Å². The van der Waals surface area contributed by atoms with Crippen LogP contribution >= 0.6 is 0 Å². The number of rotatable bonds is 6. The molecule has 1 fully saturated rings. The van der Waals surface area contributed by atoms with Crippen LogP contribution < -0.4 is 0 Å². The van der Waals surface area contributed by atoms with Gasteiger partial charge < -0.3 is 10.2 Å². The predicted molar refractivity (Wildman–Crippen MR) is 54.0 cm³/mol. The van der Waals surface area contributed by atoms with E-state index in [9.17, 15) is 9.90 Å². The maximum absolute atomic E-state index is 11.0. The van der Waals surface area contributed by atoms with Crippen molar-refractivity contribution >= 4 is 5.97 Å².